The third-order valence-electron chi connectivity index (χ3n) is 7.50. The molecule has 1 aliphatic carbocycles. The molecular weight excluding hydrogens is 509 g/mol. The number of hydrogen-bond donors (Lipinski definition) is 2. The van der Waals surface area contributed by atoms with Gasteiger partial charge in [-0.25, -0.2) is 0 Å². The topological polar surface area (TPSA) is 49.7 Å². The number of ether oxygens (including phenoxy) is 1. The van der Waals surface area contributed by atoms with Gasteiger partial charge in [-0.05, 0) is 33.5 Å². The Morgan fingerprint density at radius 2 is 1.42 bits per heavy atom. The van der Waals surface area contributed by atoms with Crippen LogP contribution in [0.5, 0.6) is 23.0 Å². The number of rotatable bonds is 0. The Morgan fingerprint density at radius 1 is 0.694 bits per heavy atom. The summed E-state index contributed by atoms with van der Waals surface area (Å²) in [6.45, 7) is 0. The normalized spacial score (nSPS) is 16.8. The van der Waals surface area contributed by atoms with E-state index in [1.165, 1.54) is 0 Å². The molecule has 2 aliphatic rings. The molecule has 1 heterocycles. The highest BCUT2D eigenvalue weighted by molar-refractivity contribution is 9.10. The van der Waals surface area contributed by atoms with Crippen molar-refractivity contribution < 1.29 is 14.9 Å². The van der Waals surface area contributed by atoms with Gasteiger partial charge in [-0.15, -0.1) is 0 Å². The molecule has 3 nitrogen and oxygen atoms in total. The molecule has 2 N–H and O–H groups in total. The fourth-order valence-electron chi connectivity index (χ4n) is 6.02. The summed E-state index contributed by atoms with van der Waals surface area (Å²) in [6.07, 6.45) is 0. The minimum Gasteiger partial charge on any atom is -0.508 e. The minimum atomic E-state index is -1.01. The first kappa shape index (κ1) is 21.7. The maximum Gasteiger partial charge on any atom is 0.173 e. The van der Waals surface area contributed by atoms with Crippen LogP contribution in [0.25, 0.3) is 21.9 Å². The summed E-state index contributed by atoms with van der Waals surface area (Å²) in [5, 5.41) is 24.4. The summed E-state index contributed by atoms with van der Waals surface area (Å²) < 4.78 is 6.83. The summed E-state index contributed by atoms with van der Waals surface area (Å²) >= 11 is 3.74. The van der Waals surface area contributed by atoms with Crippen molar-refractivity contribution in [3.63, 3.8) is 0 Å². The van der Waals surface area contributed by atoms with Gasteiger partial charge in [0.25, 0.3) is 0 Å². The van der Waals surface area contributed by atoms with E-state index >= 15 is 0 Å². The van der Waals surface area contributed by atoms with E-state index < -0.39 is 5.41 Å². The SMILES string of the molecule is [B]c1cccc2c1Oc1c(O)cccc1C21c2ccc3ccccc3c2-c2c(O)c([B])c([B])c(Br)c21. The highest BCUT2D eigenvalue weighted by Gasteiger charge is 2.54. The quantitative estimate of drug-likeness (QED) is 0.298. The minimum absolute atomic E-state index is 0.0136. The first-order valence-corrected chi connectivity index (χ1v) is 12.2. The number of fused-ring (bicyclic) bond motifs is 11. The molecule has 0 bridgehead atoms. The van der Waals surface area contributed by atoms with Crippen molar-refractivity contribution in [1.29, 1.82) is 0 Å². The molecule has 5 aromatic carbocycles. The van der Waals surface area contributed by atoms with Crippen molar-refractivity contribution in [1.82, 2.24) is 0 Å². The molecule has 36 heavy (non-hydrogen) atoms. The van der Waals surface area contributed by atoms with Gasteiger partial charge in [0.05, 0.1) is 5.41 Å². The van der Waals surface area contributed by atoms with E-state index in [4.69, 9.17) is 28.3 Å². The number of halogens is 1. The van der Waals surface area contributed by atoms with E-state index in [-0.39, 0.29) is 22.4 Å². The molecule has 5 aromatic rings. The van der Waals surface area contributed by atoms with Gasteiger partial charge in [-0.3, -0.25) is 0 Å². The smallest absolute Gasteiger partial charge is 0.173 e. The Kier molecular flexibility index (Phi) is 4.36. The molecular formula is C29H14B3BrO3. The molecule has 7 heteroatoms. The lowest BCUT2D eigenvalue weighted by Gasteiger charge is -2.41. The molecule has 7 rings (SSSR count). The predicted octanol–water partition coefficient (Wildman–Crippen LogP) is 3.86. The first-order chi connectivity index (χ1) is 17.4. The molecule has 1 spiro atoms. The Bertz CT molecular complexity index is 1750. The monoisotopic (exact) mass is 522 g/mol. The van der Waals surface area contributed by atoms with Crippen LogP contribution in [0.15, 0.2) is 77.3 Å². The largest absolute Gasteiger partial charge is 0.508 e. The molecule has 164 valence electrons. The van der Waals surface area contributed by atoms with E-state index in [1.54, 1.807) is 18.2 Å². The number of phenols is 2. The van der Waals surface area contributed by atoms with E-state index in [9.17, 15) is 10.2 Å². The molecule has 0 saturated heterocycles. The maximum absolute atomic E-state index is 11.5. The Morgan fingerprint density at radius 3 is 2.22 bits per heavy atom. The van der Waals surface area contributed by atoms with Crippen molar-refractivity contribution in [3.05, 3.63) is 99.5 Å². The highest BCUT2D eigenvalue weighted by atomic mass is 79.9. The zero-order chi connectivity index (χ0) is 24.9. The van der Waals surface area contributed by atoms with Crippen molar-refractivity contribution in [2.45, 2.75) is 5.41 Å². The van der Waals surface area contributed by atoms with Gasteiger partial charge in [-0.2, -0.15) is 0 Å². The van der Waals surface area contributed by atoms with Crippen LogP contribution in [0.1, 0.15) is 22.3 Å². The van der Waals surface area contributed by atoms with Gasteiger partial charge in [-0.1, -0.05) is 99.0 Å². The van der Waals surface area contributed by atoms with Crippen LogP contribution in [0, 0.1) is 0 Å². The molecule has 1 atom stereocenters. The fourth-order valence-corrected chi connectivity index (χ4v) is 6.73. The second kappa shape index (κ2) is 7.24. The van der Waals surface area contributed by atoms with Crippen LogP contribution < -0.4 is 21.1 Å². The van der Waals surface area contributed by atoms with Crippen LogP contribution >= 0.6 is 15.9 Å². The molecule has 1 unspecified atom stereocenters. The standard InChI is InChI=1S/C29H14B3BrO3/c30-18-9-3-7-16-27(18)36-28-17(8-4-10-19(28)34)29(16)15-12-11-13-5-1-2-6-14(13)20(15)21-22(29)25(33)23(31)24(32)26(21)35/h1-12,34-35H. The van der Waals surface area contributed by atoms with Crippen LogP contribution in [-0.4, -0.2) is 33.8 Å². The van der Waals surface area contributed by atoms with Gasteiger partial charge in [0.1, 0.15) is 35.0 Å². The number of aromatic hydroxyl groups is 2. The van der Waals surface area contributed by atoms with E-state index in [1.807, 2.05) is 42.5 Å². The lowest BCUT2D eigenvalue weighted by atomic mass is 9.63. The van der Waals surface area contributed by atoms with Crippen LogP contribution in [-0.2, 0) is 5.41 Å². The van der Waals surface area contributed by atoms with Gasteiger partial charge in [0, 0.05) is 21.2 Å². The molecule has 0 saturated carbocycles. The second-order valence-corrected chi connectivity index (χ2v) is 9.97. The summed E-state index contributed by atoms with van der Waals surface area (Å²) in [6, 6.07) is 23.0. The summed E-state index contributed by atoms with van der Waals surface area (Å²) in [4.78, 5) is 0. The van der Waals surface area contributed by atoms with Crippen molar-refractivity contribution >= 4 is 66.6 Å². The molecule has 1 aliphatic heterocycles. The van der Waals surface area contributed by atoms with Crippen molar-refractivity contribution in [3.8, 4) is 34.1 Å². The van der Waals surface area contributed by atoms with Crippen molar-refractivity contribution in [2.24, 2.45) is 0 Å². The third-order valence-corrected chi connectivity index (χ3v) is 8.32. The van der Waals surface area contributed by atoms with Gasteiger partial charge < -0.3 is 14.9 Å². The Balaban J connectivity index is 1.82. The highest BCUT2D eigenvalue weighted by Crippen LogP contribution is 2.66. The summed E-state index contributed by atoms with van der Waals surface area (Å²) in [5.41, 5.74) is 4.31. The van der Waals surface area contributed by atoms with Crippen molar-refractivity contribution in [2.75, 3.05) is 0 Å². The van der Waals surface area contributed by atoms with E-state index in [0.717, 1.165) is 33.0 Å². The predicted molar refractivity (Wildman–Crippen MR) is 149 cm³/mol. The Hall–Kier alpha value is -3.57. The van der Waals surface area contributed by atoms with Crippen LogP contribution in [0.4, 0.5) is 0 Å². The molecule has 6 radical (unpaired) electrons. The molecule has 0 aromatic heterocycles. The third kappa shape index (κ3) is 2.42. The van der Waals surface area contributed by atoms with E-state index in [0.29, 0.717) is 32.6 Å². The number of para-hydroxylation sites is 2. The number of phenolic OH excluding ortho intramolecular Hbond substituents is 2. The second-order valence-electron chi connectivity index (χ2n) is 9.18. The van der Waals surface area contributed by atoms with Gasteiger partial charge >= 0.3 is 0 Å². The maximum atomic E-state index is 11.5. The lowest BCUT2D eigenvalue weighted by Crippen LogP contribution is -2.37. The fraction of sp³-hybridized carbons (Fsp3) is 0.0345. The summed E-state index contributed by atoms with van der Waals surface area (Å²) in [7, 11) is 19.2. The Labute approximate surface area is 220 Å². The van der Waals surface area contributed by atoms with Gasteiger partial charge in [0.2, 0.25) is 0 Å². The molecule has 0 fully saturated rings. The number of benzene rings is 5. The first-order valence-electron chi connectivity index (χ1n) is 11.4. The molecule has 0 amide bonds. The zero-order valence-electron chi connectivity index (χ0n) is 18.8. The lowest BCUT2D eigenvalue weighted by molar-refractivity contribution is 0.388. The van der Waals surface area contributed by atoms with Crippen LogP contribution in [0.2, 0.25) is 0 Å². The van der Waals surface area contributed by atoms with Gasteiger partial charge in [0.15, 0.2) is 11.5 Å². The number of hydrogen-bond acceptors (Lipinski definition) is 3. The average molecular weight is 523 g/mol. The summed E-state index contributed by atoms with van der Waals surface area (Å²) in [5.74, 6) is 0.649. The van der Waals surface area contributed by atoms with E-state index in [2.05, 4.69) is 28.1 Å². The zero-order valence-corrected chi connectivity index (χ0v) is 20.4. The average Bonchev–Trinajstić information content (AvgIpc) is 3.20. The van der Waals surface area contributed by atoms with Crippen LogP contribution in [0.3, 0.4) is 0 Å².